The van der Waals surface area contributed by atoms with E-state index in [0.29, 0.717) is 19.4 Å². The monoisotopic (exact) mass is 801 g/mol. The van der Waals surface area contributed by atoms with Crippen molar-refractivity contribution in [2.24, 2.45) is 23.7 Å². The number of hydrogen-bond donors (Lipinski definition) is 4. The maximum atomic E-state index is 14.4. The number of carboxylic acid groups (broad SMARTS) is 1. The van der Waals surface area contributed by atoms with Crippen molar-refractivity contribution >= 4 is 29.6 Å². The average molecular weight is 801 g/mol. The van der Waals surface area contributed by atoms with Gasteiger partial charge in [0.15, 0.2) is 0 Å². The summed E-state index contributed by atoms with van der Waals surface area (Å²) in [4.78, 5) is 73.6. The van der Waals surface area contributed by atoms with Crippen LogP contribution in [-0.2, 0) is 39.9 Å². The first kappa shape index (κ1) is 47.8. The highest BCUT2D eigenvalue weighted by Gasteiger charge is 2.43. The van der Waals surface area contributed by atoms with E-state index in [0.717, 1.165) is 44.6 Å². The van der Waals surface area contributed by atoms with Crippen molar-refractivity contribution in [2.75, 3.05) is 54.0 Å². The summed E-state index contributed by atoms with van der Waals surface area (Å²) in [7, 11) is 4.83. The number of carbonyl (C=O) groups is 5. The number of likely N-dealkylation sites (tertiary alicyclic amines) is 1. The second kappa shape index (κ2) is 23.1. The number of carbonyl (C=O) groups excluding carboxylic acids is 4. The highest BCUT2D eigenvalue weighted by Crippen LogP contribution is 2.30. The zero-order valence-electron chi connectivity index (χ0n) is 36.2. The SMILES string of the molecule is CC[C@H](C)[C@@H](C(CC(=O)N1CCC[C@H]1[C@H](OC)[C@@H](C)C(=O)NC(CC(=O)O)Cc1ccccc1)OC)N(C)C(=O)[C@@H](NC(=O)[C@H](C(C)C)N1CCNCC1)C(C)C. The lowest BCUT2D eigenvalue weighted by Crippen LogP contribution is -2.61. The molecular weight excluding hydrogens is 729 g/mol. The molecule has 2 aliphatic heterocycles. The van der Waals surface area contributed by atoms with Crippen molar-refractivity contribution in [3.63, 3.8) is 0 Å². The maximum absolute atomic E-state index is 14.4. The largest absolute Gasteiger partial charge is 0.481 e. The summed E-state index contributed by atoms with van der Waals surface area (Å²) < 4.78 is 12.0. The molecule has 1 aromatic rings. The molecule has 14 nitrogen and oxygen atoms in total. The highest BCUT2D eigenvalue weighted by molar-refractivity contribution is 5.90. The van der Waals surface area contributed by atoms with Crippen LogP contribution in [0.15, 0.2) is 30.3 Å². The molecule has 2 unspecified atom stereocenters. The molecule has 9 atom stereocenters. The van der Waals surface area contributed by atoms with Gasteiger partial charge in [-0.25, -0.2) is 0 Å². The van der Waals surface area contributed by atoms with Crippen molar-refractivity contribution in [3.8, 4) is 0 Å². The third-order valence-corrected chi connectivity index (χ3v) is 12.0. The van der Waals surface area contributed by atoms with Gasteiger partial charge in [0, 0.05) is 60.0 Å². The highest BCUT2D eigenvalue weighted by atomic mass is 16.5. The number of nitrogens with one attached hydrogen (secondary N) is 3. The maximum Gasteiger partial charge on any atom is 0.305 e. The molecule has 0 radical (unpaired) electrons. The fourth-order valence-electron chi connectivity index (χ4n) is 8.74. The van der Waals surface area contributed by atoms with Gasteiger partial charge in [-0.3, -0.25) is 28.9 Å². The molecule has 14 heteroatoms. The molecule has 0 spiro atoms. The Balaban J connectivity index is 1.77. The smallest absolute Gasteiger partial charge is 0.305 e. The quantitative estimate of drug-likeness (QED) is 0.137. The standard InChI is InChI=1S/C43H72N6O8/c1-11-29(6)39(47(8)43(55)37(27(2)3)46-42(54)38(28(4)5)48-22-19-44-20-23-48)34(56-9)26-35(50)49-21-15-18-33(49)40(57-10)30(7)41(53)45-32(25-36(51)52)24-31-16-13-12-14-17-31/h12-14,16-17,27-30,32-34,37-40,44H,11,15,18-26H2,1-10H3,(H,45,53)(H,46,54)(H,51,52)/t29-,30+,32?,33-,34?,37-,38-,39-,40+/m0/s1. The lowest BCUT2D eigenvalue weighted by molar-refractivity contribution is -0.148. The van der Waals surface area contributed by atoms with Gasteiger partial charge in [0.2, 0.25) is 23.6 Å². The van der Waals surface area contributed by atoms with Crippen LogP contribution >= 0.6 is 0 Å². The minimum Gasteiger partial charge on any atom is -0.481 e. The minimum absolute atomic E-state index is 0.00548. The van der Waals surface area contributed by atoms with Gasteiger partial charge < -0.3 is 40.3 Å². The third-order valence-electron chi connectivity index (χ3n) is 12.0. The lowest BCUT2D eigenvalue weighted by atomic mass is 9.89. The van der Waals surface area contributed by atoms with Crippen LogP contribution in [0.2, 0.25) is 0 Å². The van der Waals surface area contributed by atoms with E-state index in [9.17, 15) is 29.1 Å². The molecule has 2 saturated heterocycles. The predicted octanol–water partition coefficient (Wildman–Crippen LogP) is 3.18. The molecule has 1 aromatic carbocycles. The van der Waals surface area contributed by atoms with Gasteiger partial charge in [-0.15, -0.1) is 0 Å². The van der Waals surface area contributed by atoms with E-state index >= 15 is 0 Å². The van der Waals surface area contributed by atoms with Crippen LogP contribution in [0.4, 0.5) is 0 Å². The van der Waals surface area contributed by atoms with E-state index in [1.54, 1.807) is 30.9 Å². The van der Waals surface area contributed by atoms with Gasteiger partial charge in [0.05, 0.1) is 49.1 Å². The van der Waals surface area contributed by atoms with Crippen LogP contribution in [0.1, 0.15) is 86.1 Å². The Morgan fingerprint density at radius 3 is 2.09 bits per heavy atom. The Morgan fingerprint density at radius 2 is 1.54 bits per heavy atom. The first-order valence-electron chi connectivity index (χ1n) is 21.0. The van der Waals surface area contributed by atoms with Crippen LogP contribution in [0.25, 0.3) is 0 Å². The summed E-state index contributed by atoms with van der Waals surface area (Å²) in [6.07, 6.45) is 0.945. The van der Waals surface area contributed by atoms with E-state index in [1.807, 2.05) is 71.9 Å². The summed E-state index contributed by atoms with van der Waals surface area (Å²) >= 11 is 0. The van der Waals surface area contributed by atoms with Crippen molar-refractivity contribution < 1.29 is 38.6 Å². The Labute approximate surface area is 341 Å². The zero-order valence-corrected chi connectivity index (χ0v) is 36.2. The van der Waals surface area contributed by atoms with Crippen molar-refractivity contribution in [1.29, 1.82) is 0 Å². The number of methoxy groups -OCH3 is 2. The Hall–Kier alpha value is -3.59. The van der Waals surface area contributed by atoms with Crippen molar-refractivity contribution in [3.05, 3.63) is 35.9 Å². The van der Waals surface area contributed by atoms with Gasteiger partial charge in [-0.1, -0.05) is 85.2 Å². The molecule has 0 aliphatic carbocycles. The van der Waals surface area contributed by atoms with Crippen LogP contribution in [0.5, 0.6) is 0 Å². The molecule has 2 aliphatic rings. The fourth-order valence-corrected chi connectivity index (χ4v) is 8.74. The summed E-state index contributed by atoms with van der Waals surface area (Å²) in [6.45, 7) is 17.4. The van der Waals surface area contributed by atoms with Crippen molar-refractivity contribution in [1.82, 2.24) is 30.7 Å². The minimum atomic E-state index is -1.01. The topological polar surface area (TPSA) is 170 Å². The van der Waals surface area contributed by atoms with Crippen molar-refractivity contribution in [2.45, 2.75) is 129 Å². The summed E-state index contributed by atoms with van der Waals surface area (Å²) in [5, 5.41) is 19.0. The number of aliphatic carboxylic acids is 1. The van der Waals surface area contributed by atoms with E-state index in [4.69, 9.17) is 9.47 Å². The lowest BCUT2D eigenvalue weighted by Gasteiger charge is -2.41. The number of carboxylic acids is 1. The number of amides is 4. The Bertz CT molecular complexity index is 1440. The molecule has 0 aromatic heterocycles. The Kier molecular flexibility index (Phi) is 19.4. The van der Waals surface area contributed by atoms with E-state index in [2.05, 4.69) is 20.9 Å². The summed E-state index contributed by atoms with van der Waals surface area (Å²) in [5.74, 6) is -2.75. The number of hydrogen-bond acceptors (Lipinski definition) is 9. The zero-order chi connectivity index (χ0) is 42.4. The van der Waals surface area contributed by atoms with Gasteiger partial charge in [-0.2, -0.15) is 0 Å². The van der Waals surface area contributed by atoms with E-state index in [1.165, 1.54) is 7.11 Å². The van der Waals surface area contributed by atoms with Gasteiger partial charge in [-0.05, 0) is 42.6 Å². The van der Waals surface area contributed by atoms with Gasteiger partial charge >= 0.3 is 5.97 Å². The predicted molar refractivity (Wildman–Crippen MR) is 220 cm³/mol. The number of ether oxygens (including phenoxy) is 2. The number of likely N-dealkylation sites (N-methyl/N-ethyl adjacent to an activating group) is 1. The first-order chi connectivity index (χ1) is 27.1. The Morgan fingerprint density at radius 1 is 0.895 bits per heavy atom. The van der Waals surface area contributed by atoms with Gasteiger partial charge in [0.1, 0.15) is 6.04 Å². The molecule has 2 fully saturated rings. The van der Waals surface area contributed by atoms with Gasteiger partial charge in [0.25, 0.3) is 0 Å². The van der Waals surface area contributed by atoms with Crippen LogP contribution in [-0.4, -0.2) is 146 Å². The molecular formula is C43H72N6O8. The molecule has 4 amide bonds. The molecule has 2 heterocycles. The second-order valence-electron chi connectivity index (χ2n) is 16.8. The molecule has 0 saturated carbocycles. The van der Waals surface area contributed by atoms with Crippen LogP contribution < -0.4 is 16.0 Å². The van der Waals surface area contributed by atoms with Crippen LogP contribution in [0.3, 0.4) is 0 Å². The third kappa shape index (κ3) is 13.2. The normalized spacial score (nSPS) is 20.6. The molecule has 322 valence electrons. The second-order valence-corrected chi connectivity index (χ2v) is 16.8. The summed E-state index contributed by atoms with van der Waals surface area (Å²) in [6, 6.07) is 6.82. The van der Waals surface area contributed by atoms with E-state index < -0.39 is 42.2 Å². The number of benzene rings is 1. The van der Waals surface area contributed by atoms with E-state index in [-0.39, 0.29) is 66.3 Å². The molecule has 0 bridgehead atoms. The number of rotatable bonds is 22. The molecule has 4 N–H and O–H groups in total. The number of nitrogens with zero attached hydrogens (tertiary/aromatic N) is 3. The first-order valence-corrected chi connectivity index (χ1v) is 21.0. The van der Waals surface area contributed by atoms with Crippen LogP contribution in [0, 0.1) is 23.7 Å². The summed E-state index contributed by atoms with van der Waals surface area (Å²) in [5.41, 5.74) is 0.915. The average Bonchev–Trinajstić information content (AvgIpc) is 3.66. The molecule has 3 rings (SSSR count). The molecule has 57 heavy (non-hydrogen) atoms. The number of piperazine rings is 1. The fraction of sp³-hybridized carbons (Fsp3) is 0.744.